The number of benzene rings is 1. The molecule has 0 amide bonds. The van der Waals surface area contributed by atoms with Gasteiger partial charge in [0.1, 0.15) is 12.1 Å². The molecule has 0 fully saturated rings. The van der Waals surface area contributed by atoms with Gasteiger partial charge < -0.3 is 0 Å². The van der Waals surface area contributed by atoms with Gasteiger partial charge in [0, 0.05) is 0 Å². The van der Waals surface area contributed by atoms with Gasteiger partial charge in [0.2, 0.25) is 0 Å². The molecule has 0 unspecified atom stereocenters. The maximum atomic E-state index is 13.2. The van der Waals surface area contributed by atoms with Crippen molar-refractivity contribution in [3.05, 3.63) is 36.0 Å². The van der Waals surface area contributed by atoms with Gasteiger partial charge in [0.05, 0.1) is 16.6 Å². The third-order valence-corrected chi connectivity index (χ3v) is 1.80. The molecule has 1 aromatic heterocycles. The lowest BCUT2D eigenvalue weighted by Crippen LogP contribution is -1.89. The summed E-state index contributed by atoms with van der Waals surface area (Å²) in [6.45, 7) is 1.77. The summed E-state index contributed by atoms with van der Waals surface area (Å²) in [5, 5.41) is 0.514. The van der Waals surface area contributed by atoms with Gasteiger partial charge in [-0.2, -0.15) is 0 Å². The minimum absolute atomic E-state index is 0.259. The van der Waals surface area contributed by atoms with Gasteiger partial charge in [-0.05, 0) is 19.1 Å². The molecular weight excluding hydrogens is 155 g/mol. The number of hydrogen-bond acceptors (Lipinski definition) is 2. The predicted molar refractivity (Wildman–Crippen MR) is 44.2 cm³/mol. The molecule has 0 saturated carbocycles. The van der Waals surface area contributed by atoms with Crippen molar-refractivity contribution >= 4 is 10.9 Å². The number of fused-ring (bicyclic) bond motifs is 1. The van der Waals surface area contributed by atoms with Crippen LogP contribution >= 0.6 is 0 Å². The summed E-state index contributed by atoms with van der Waals surface area (Å²) < 4.78 is 13.2. The van der Waals surface area contributed by atoms with Crippen molar-refractivity contribution in [2.45, 2.75) is 6.92 Å². The summed E-state index contributed by atoms with van der Waals surface area (Å²) in [4.78, 5) is 7.87. The highest BCUT2D eigenvalue weighted by Crippen LogP contribution is 2.16. The molecule has 0 atom stereocenters. The van der Waals surface area contributed by atoms with E-state index < -0.39 is 0 Å². The van der Waals surface area contributed by atoms with Gasteiger partial charge in [-0.3, -0.25) is 0 Å². The highest BCUT2D eigenvalue weighted by molar-refractivity contribution is 5.80. The standard InChI is InChI=1S/C9H7FN2/c1-6-9-7(10)3-2-4-8(9)12-5-11-6/h2-5H,1H3. The van der Waals surface area contributed by atoms with Crippen LogP contribution in [0.5, 0.6) is 0 Å². The van der Waals surface area contributed by atoms with E-state index in [9.17, 15) is 4.39 Å². The van der Waals surface area contributed by atoms with E-state index in [-0.39, 0.29) is 5.82 Å². The highest BCUT2D eigenvalue weighted by Gasteiger charge is 2.03. The van der Waals surface area contributed by atoms with E-state index in [2.05, 4.69) is 9.97 Å². The van der Waals surface area contributed by atoms with Crippen molar-refractivity contribution in [1.29, 1.82) is 0 Å². The van der Waals surface area contributed by atoms with Crippen LogP contribution < -0.4 is 0 Å². The molecule has 0 spiro atoms. The summed E-state index contributed by atoms with van der Waals surface area (Å²) in [5.41, 5.74) is 1.33. The second-order valence-corrected chi connectivity index (χ2v) is 2.59. The number of hydrogen-bond donors (Lipinski definition) is 0. The predicted octanol–water partition coefficient (Wildman–Crippen LogP) is 2.08. The molecule has 0 radical (unpaired) electrons. The first-order chi connectivity index (χ1) is 5.79. The second kappa shape index (κ2) is 2.52. The first-order valence-corrected chi connectivity index (χ1v) is 3.65. The van der Waals surface area contributed by atoms with Crippen LogP contribution in [-0.2, 0) is 0 Å². The average Bonchev–Trinajstić information content (AvgIpc) is 2.04. The van der Waals surface area contributed by atoms with Gasteiger partial charge >= 0.3 is 0 Å². The summed E-state index contributed by atoms with van der Waals surface area (Å²) in [7, 11) is 0. The first kappa shape index (κ1) is 7.16. The Bertz CT molecular complexity index is 389. The fourth-order valence-corrected chi connectivity index (χ4v) is 1.22. The Hall–Kier alpha value is -1.51. The molecule has 3 heteroatoms. The molecule has 60 valence electrons. The van der Waals surface area contributed by atoms with Gasteiger partial charge in [0.25, 0.3) is 0 Å². The molecule has 0 aliphatic heterocycles. The van der Waals surface area contributed by atoms with Crippen LogP contribution in [0.25, 0.3) is 10.9 Å². The van der Waals surface area contributed by atoms with Gasteiger partial charge in [0.15, 0.2) is 0 Å². The van der Waals surface area contributed by atoms with E-state index >= 15 is 0 Å². The molecule has 2 nitrogen and oxygen atoms in total. The maximum absolute atomic E-state index is 13.2. The number of aromatic nitrogens is 2. The second-order valence-electron chi connectivity index (χ2n) is 2.59. The fourth-order valence-electron chi connectivity index (χ4n) is 1.22. The molecule has 0 N–H and O–H groups in total. The number of nitrogens with zero attached hydrogens (tertiary/aromatic N) is 2. The lowest BCUT2D eigenvalue weighted by atomic mass is 10.2. The lowest BCUT2D eigenvalue weighted by Gasteiger charge is -1.99. The molecule has 0 aliphatic rings. The third kappa shape index (κ3) is 0.942. The largest absolute Gasteiger partial charge is 0.241 e. The molecule has 1 aromatic carbocycles. The quantitative estimate of drug-likeness (QED) is 0.592. The Morgan fingerprint density at radius 3 is 2.83 bits per heavy atom. The van der Waals surface area contributed by atoms with Gasteiger partial charge in [-0.1, -0.05) is 6.07 Å². The van der Waals surface area contributed by atoms with Gasteiger partial charge in [-0.15, -0.1) is 0 Å². The lowest BCUT2D eigenvalue weighted by molar-refractivity contribution is 0.638. The van der Waals surface area contributed by atoms with Crippen LogP contribution in [0.2, 0.25) is 0 Å². The minimum atomic E-state index is -0.259. The topological polar surface area (TPSA) is 25.8 Å². The van der Waals surface area contributed by atoms with Crippen molar-refractivity contribution in [3.63, 3.8) is 0 Å². The van der Waals surface area contributed by atoms with E-state index in [0.717, 1.165) is 0 Å². The van der Waals surface area contributed by atoms with Crippen LogP contribution in [0.4, 0.5) is 4.39 Å². The van der Waals surface area contributed by atoms with Crippen molar-refractivity contribution < 1.29 is 4.39 Å². The Morgan fingerprint density at radius 1 is 1.25 bits per heavy atom. The average molecular weight is 162 g/mol. The summed E-state index contributed by atoms with van der Waals surface area (Å²) in [6.07, 6.45) is 1.44. The van der Waals surface area contributed by atoms with Crippen LogP contribution in [0.1, 0.15) is 5.69 Å². The molecule has 2 rings (SSSR count). The minimum Gasteiger partial charge on any atom is -0.241 e. The van der Waals surface area contributed by atoms with Crippen LogP contribution in [0.15, 0.2) is 24.5 Å². The Morgan fingerprint density at radius 2 is 2.08 bits per heavy atom. The van der Waals surface area contributed by atoms with Crippen LogP contribution in [-0.4, -0.2) is 9.97 Å². The molecule has 0 bridgehead atoms. The van der Waals surface area contributed by atoms with E-state index in [1.807, 2.05) is 0 Å². The first-order valence-electron chi connectivity index (χ1n) is 3.65. The molecule has 0 aliphatic carbocycles. The highest BCUT2D eigenvalue weighted by atomic mass is 19.1. The maximum Gasteiger partial charge on any atom is 0.134 e. The molecule has 0 saturated heterocycles. The van der Waals surface area contributed by atoms with Gasteiger partial charge in [-0.25, -0.2) is 14.4 Å². The molecular formula is C9H7FN2. The zero-order chi connectivity index (χ0) is 8.55. The SMILES string of the molecule is Cc1ncnc2cccc(F)c12. The summed E-state index contributed by atoms with van der Waals surface area (Å²) >= 11 is 0. The Balaban J connectivity index is 2.96. The molecule has 2 aromatic rings. The Labute approximate surface area is 69.1 Å². The number of halogens is 1. The monoisotopic (exact) mass is 162 g/mol. The van der Waals surface area contributed by atoms with Crippen molar-refractivity contribution in [1.82, 2.24) is 9.97 Å². The normalized spacial score (nSPS) is 10.5. The molecule has 12 heavy (non-hydrogen) atoms. The van der Waals surface area contributed by atoms with E-state index in [4.69, 9.17) is 0 Å². The zero-order valence-electron chi connectivity index (χ0n) is 6.58. The molecule has 1 heterocycles. The number of aryl methyl sites for hydroxylation is 1. The summed E-state index contributed by atoms with van der Waals surface area (Å²) in [6, 6.07) is 4.83. The van der Waals surface area contributed by atoms with E-state index in [1.165, 1.54) is 12.4 Å². The fraction of sp³-hybridized carbons (Fsp3) is 0.111. The van der Waals surface area contributed by atoms with Crippen molar-refractivity contribution in [2.75, 3.05) is 0 Å². The third-order valence-electron chi connectivity index (χ3n) is 1.80. The Kier molecular flexibility index (Phi) is 1.50. The number of rotatable bonds is 0. The summed E-state index contributed by atoms with van der Waals surface area (Å²) in [5.74, 6) is -0.259. The van der Waals surface area contributed by atoms with Crippen molar-refractivity contribution in [2.24, 2.45) is 0 Å². The van der Waals surface area contributed by atoms with E-state index in [0.29, 0.717) is 16.6 Å². The van der Waals surface area contributed by atoms with Crippen LogP contribution in [0.3, 0.4) is 0 Å². The smallest absolute Gasteiger partial charge is 0.134 e. The van der Waals surface area contributed by atoms with Crippen molar-refractivity contribution in [3.8, 4) is 0 Å². The van der Waals surface area contributed by atoms with E-state index in [1.54, 1.807) is 19.1 Å². The van der Waals surface area contributed by atoms with Crippen LogP contribution in [0, 0.1) is 12.7 Å². The zero-order valence-corrected chi connectivity index (χ0v) is 6.58.